The van der Waals surface area contributed by atoms with E-state index in [-0.39, 0.29) is 0 Å². The van der Waals surface area contributed by atoms with Crippen molar-refractivity contribution < 1.29 is 0 Å². The standard InChI is InChI=1S/C14H20N4S/c1-2-9-4-3-5-10(8-9)16-12-11-6-7-19-13(11)18-14(15)17-12/h6-7,9-10H,2-5,8H2,1H3,(H3,15,16,17,18). The Hall–Kier alpha value is -1.36. The Kier molecular flexibility index (Phi) is 3.55. The summed E-state index contributed by atoms with van der Waals surface area (Å²) in [6.45, 7) is 2.28. The maximum atomic E-state index is 5.79. The Morgan fingerprint density at radius 2 is 2.32 bits per heavy atom. The quantitative estimate of drug-likeness (QED) is 0.898. The molecular formula is C14H20N4S. The summed E-state index contributed by atoms with van der Waals surface area (Å²) in [4.78, 5) is 9.62. The van der Waals surface area contributed by atoms with Gasteiger partial charge in [0.1, 0.15) is 10.6 Å². The monoisotopic (exact) mass is 276 g/mol. The third kappa shape index (κ3) is 2.66. The molecule has 1 aliphatic rings. The van der Waals surface area contributed by atoms with Crippen molar-refractivity contribution in [2.75, 3.05) is 11.1 Å². The van der Waals surface area contributed by atoms with Gasteiger partial charge in [0, 0.05) is 6.04 Å². The molecule has 1 saturated carbocycles. The summed E-state index contributed by atoms with van der Waals surface area (Å²) in [5.74, 6) is 2.12. The highest BCUT2D eigenvalue weighted by molar-refractivity contribution is 7.16. The van der Waals surface area contributed by atoms with Gasteiger partial charge in [-0.05, 0) is 30.2 Å². The second kappa shape index (κ2) is 5.33. The second-order valence-electron chi connectivity index (χ2n) is 5.35. The van der Waals surface area contributed by atoms with E-state index in [9.17, 15) is 0 Å². The fraction of sp³-hybridized carbons (Fsp3) is 0.571. The summed E-state index contributed by atoms with van der Waals surface area (Å²) in [5.41, 5.74) is 5.79. The Bertz CT molecular complexity index is 566. The average Bonchev–Trinajstić information content (AvgIpc) is 2.87. The Labute approximate surface area is 117 Å². The fourth-order valence-corrected chi connectivity index (χ4v) is 3.74. The molecule has 2 atom stereocenters. The maximum Gasteiger partial charge on any atom is 0.223 e. The van der Waals surface area contributed by atoms with E-state index >= 15 is 0 Å². The predicted molar refractivity (Wildman–Crippen MR) is 81.5 cm³/mol. The summed E-state index contributed by atoms with van der Waals surface area (Å²) in [5, 5.41) is 6.73. The molecule has 1 fully saturated rings. The zero-order valence-corrected chi connectivity index (χ0v) is 12.0. The first-order valence-corrected chi connectivity index (χ1v) is 7.91. The Balaban J connectivity index is 1.82. The van der Waals surface area contributed by atoms with Crippen LogP contribution in [0.3, 0.4) is 0 Å². The number of thiophene rings is 1. The number of fused-ring (bicyclic) bond motifs is 1. The van der Waals surface area contributed by atoms with Crippen molar-refractivity contribution in [3.63, 3.8) is 0 Å². The highest BCUT2D eigenvalue weighted by atomic mass is 32.1. The molecule has 0 bridgehead atoms. The molecule has 4 nitrogen and oxygen atoms in total. The first kappa shape index (κ1) is 12.7. The van der Waals surface area contributed by atoms with Crippen molar-refractivity contribution >= 4 is 33.3 Å². The van der Waals surface area contributed by atoms with Crippen LogP contribution in [0.25, 0.3) is 10.2 Å². The minimum Gasteiger partial charge on any atom is -0.368 e. The van der Waals surface area contributed by atoms with Crippen LogP contribution in [0.15, 0.2) is 11.4 Å². The normalized spacial score (nSPS) is 23.6. The molecule has 2 aromatic heterocycles. The van der Waals surface area contributed by atoms with Crippen LogP contribution in [0, 0.1) is 5.92 Å². The molecule has 102 valence electrons. The van der Waals surface area contributed by atoms with E-state index in [0.29, 0.717) is 12.0 Å². The van der Waals surface area contributed by atoms with Crippen LogP contribution in [0.5, 0.6) is 0 Å². The molecule has 19 heavy (non-hydrogen) atoms. The molecule has 0 aromatic carbocycles. The fourth-order valence-electron chi connectivity index (χ4n) is 2.97. The number of nitrogen functional groups attached to an aromatic ring is 1. The van der Waals surface area contributed by atoms with Gasteiger partial charge < -0.3 is 11.1 Å². The predicted octanol–water partition coefficient (Wildman–Crippen LogP) is 3.65. The van der Waals surface area contributed by atoms with Crippen LogP contribution in [0.1, 0.15) is 39.0 Å². The van der Waals surface area contributed by atoms with Gasteiger partial charge in [0.15, 0.2) is 0 Å². The zero-order valence-electron chi connectivity index (χ0n) is 11.2. The molecule has 3 N–H and O–H groups in total. The topological polar surface area (TPSA) is 63.8 Å². The van der Waals surface area contributed by atoms with E-state index in [1.807, 2.05) is 5.38 Å². The lowest BCUT2D eigenvalue weighted by molar-refractivity contribution is 0.327. The third-order valence-corrected chi connectivity index (χ3v) is 4.85. The number of hydrogen-bond acceptors (Lipinski definition) is 5. The van der Waals surface area contributed by atoms with Crippen LogP contribution >= 0.6 is 11.3 Å². The summed E-state index contributed by atoms with van der Waals surface area (Å²) < 4.78 is 0. The van der Waals surface area contributed by atoms with Crippen molar-refractivity contribution in [2.45, 2.75) is 45.1 Å². The molecule has 0 saturated heterocycles. The van der Waals surface area contributed by atoms with Gasteiger partial charge in [-0.2, -0.15) is 4.98 Å². The number of hydrogen-bond donors (Lipinski definition) is 2. The van der Waals surface area contributed by atoms with Crippen LogP contribution in [-0.4, -0.2) is 16.0 Å². The van der Waals surface area contributed by atoms with Crippen molar-refractivity contribution in [3.05, 3.63) is 11.4 Å². The minimum absolute atomic E-state index is 0.361. The minimum atomic E-state index is 0.361. The van der Waals surface area contributed by atoms with Crippen molar-refractivity contribution in [1.82, 2.24) is 9.97 Å². The van der Waals surface area contributed by atoms with Gasteiger partial charge >= 0.3 is 0 Å². The van der Waals surface area contributed by atoms with E-state index < -0.39 is 0 Å². The summed E-state index contributed by atoms with van der Waals surface area (Å²) in [6, 6.07) is 2.60. The van der Waals surface area contributed by atoms with Crippen LogP contribution in [0.2, 0.25) is 0 Å². The first-order valence-electron chi connectivity index (χ1n) is 7.03. The first-order chi connectivity index (χ1) is 9.26. The molecule has 0 spiro atoms. The summed E-state index contributed by atoms with van der Waals surface area (Å²) in [6.07, 6.45) is 6.42. The smallest absolute Gasteiger partial charge is 0.223 e. The third-order valence-electron chi connectivity index (χ3n) is 4.04. The lowest BCUT2D eigenvalue weighted by Crippen LogP contribution is -2.27. The number of nitrogens with zero attached hydrogens (tertiary/aromatic N) is 2. The molecule has 2 unspecified atom stereocenters. The maximum absolute atomic E-state index is 5.79. The van der Waals surface area contributed by atoms with E-state index in [2.05, 4.69) is 28.3 Å². The van der Waals surface area contributed by atoms with Crippen LogP contribution in [0.4, 0.5) is 11.8 Å². The number of nitrogens with two attached hydrogens (primary N) is 1. The molecular weight excluding hydrogens is 256 g/mol. The van der Waals surface area contributed by atoms with E-state index in [1.165, 1.54) is 32.1 Å². The summed E-state index contributed by atoms with van der Waals surface area (Å²) >= 11 is 1.61. The van der Waals surface area contributed by atoms with Gasteiger partial charge in [-0.25, -0.2) is 4.98 Å². The molecule has 0 aliphatic heterocycles. The molecule has 1 aliphatic carbocycles. The van der Waals surface area contributed by atoms with E-state index in [4.69, 9.17) is 5.73 Å². The van der Waals surface area contributed by atoms with Crippen LogP contribution < -0.4 is 11.1 Å². The lowest BCUT2D eigenvalue weighted by Gasteiger charge is -2.29. The zero-order chi connectivity index (χ0) is 13.2. The molecule has 2 aromatic rings. The van der Waals surface area contributed by atoms with Gasteiger partial charge in [-0.15, -0.1) is 11.3 Å². The molecule has 0 radical (unpaired) electrons. The SMILES string of the molecule is CCC1CCCC(Nc2nc(N)nc3sccc23)C1. The molecule has 0 amide bonds. The number of anilines is 2. The van der Waals surface area contributed by atoms with Crippen molar-refractivity contribution in [1.29, 1.82) is 0 Å². The number of rotatable bonds is 3. The van der Waals surface area contributed by atoms with Gasteiger partial charge in [-0.1, -0.05) is 26.2 Å². The van der Waals surface area contributed by atoms with Crippen LogP contribution in [-0.2, 0) is 0 Å². The molecule has 2 heterocycles. The highest BCUT2D eigenvalue weighted by Crippen LogP contribution is 2.31. The highest BCUT2D eigenvalue weighted by Gasteiger charge is 2.21. The van der Waals surface area contributed by atoms with Gasteiger partial charge in [0.05, 0.1) is 5.39 Å². The largest absolute Gasteiger partial charge is 0.368 e. The van der Waals surface area contributed by atoms with E-state index in [0.717, 1.165) is 22.0 Å². The molecule has 3 rings (SSSR count). The molecule has 5 heteroatoms. The van der Waals surface area contributed by atoms with Crippen molar-refractivity contribution in [2.24, 2.45) is 5.92 Å². The van der Waals surface area contributed by atoms with Gasteiger partial charge in [-0.3, -0.25) is 0 Å². The Morgan fingerprint density at radius 1 is 1.42 bits per heavy atom. The van der Waals surface area contributed by atoms with E-state index in [1.54, 1.807) is 11.3 Å². The number of aromatic nitrogens is 2. The lowest BCUT2D eigenvalue weighted by atomic mass is 9.84. The Morgan fingerprint density at radius 3 is 3.16 bits per heavy atom. The van der Waals surface area contributed by atoms with Crippen molar-refractivity contribution in [3.8, 4) is 0 Å². The average molecular weight is 276 g/mol. The van der Waals surface area contributed by atoms with Gasteiger partial charge in [0.25, 0.3) is 0 Å². The summed E-state index contributed by atoms with van der Waals surface area (Å²) in [7, 11) is 0. The van der Waals surface area contributed by atoms with Gasteiger partial charge in [0.2, 0.25) is 5.95 Å². The second-order valence-corrected chi connectivity index (χ2v) is 6.25. The number of nitrogens with one attached hydrogen (secondary N) is 1.